The Morgan fingerprint density at radius 3 is 2.38 bits per heavy atom. The Hall–Kier alpha value is -0.510. The Kier molecular flexibility index (Phi) is 4.28. The SMILES string of the molecule is CSc1ccc([C@@H](N)CCN)cc1. The molecule has 0 radical (unpaired) electrons. The Bertz CT molecular complexity index is 246. The van der Waals surface area contributed by atoms with Crippen molar-refractivity contribution < 1.29 is 0 Å². The molecule has 0 heterocycles. The van der Waals surface area contributed by atoms with Crippen LogP contribution in [0.5, 0.6) is 0 Å². The maximum atomic E-state index is 5.91. The van der Waals surface area contributed by atoms with Gasteiger partial charge >= 0.3 is 0 Å². The summed E-state index contributed by atoms with van der Waals surface area (Å²) in [5.41, 5.74) is 12.5. The third kappa shape index (κ3) is 3.03. The van der Waals surface area contributed by atoms with E-state index in [2.05, 4.69) is 30.5 Å². The summed E-state index contributed by atoms with van der Waals surface area (Å²) < 4.78 is 0. The molecule has 0 bridgehead atoms. The average molecular weight is 196 g/mol. The molecule has 0 saturated carbocycles. The topological polar surface area (TPSA) is 52.0 Å². The summed E-state index contributed by atoms with van der Waals surface area (Å²) in [6, 6.07) is 8.42. The standard InChI is InChI=1S/C10H16N2S/c1-13-9-4-2-8(3-5-9)10(12)6-7-11/h2-5,10H,6-7,11-12H2,1H3/t10-/m0/s1. The average Bonchev–Trinajstić information content (AvgIpc) is 2.18. The first-order valence-electron chi connectivity index (χ1n) is 4.37. The zero-order chi connectivity index (χ0) is 9.68. The molecule has 0 aliphatic carbocycles. The van der Waals surface area contributed by atoms with Crippen LogP contribution in [0.4, 0.5) is 0 Å². The van der Waals surface area contributed by atoms with Gasteiger partial charge in [0.25, 0.3) is 0 Å². The number of nitrogens with two attached hydrogens (primary N) is 2. The van der Waals surface area contributed by atoms with Crippen LogP contribution < -0.4 is 11.5 Å². The molecule has 72 valence electrons. The van der Waals surface area contributed by atoms with Gasteiger partial charge in [0.1, 0.15) is 0 Å². The number of hydrogen-bond acceptors (Lipinski definition) is 3. The van der Waals surface area contributed by atoms with Gasteiger partial charge in [-0.1, -0.05) is 12.1 Å². The lowest BCUT2D eigenvalue weighted by Crippen LogP contribution is -2.15. The van der Waals surface area contributed by atoms with Crippen molar-refractivity contribution >= 4 is 11.8 Å². The number of rotatable bonds is 4. The molecule has 1 aromatic rings. The molecule has 0 unspecified atom stereocenters. The summed E-state index contributed by atoms with van der Waals surface area (Å²) in [6.07, 6.45) is 2.91. The number of hydrogen-bond donors (Lipinski definition) is 2. The Labute approximate surface area is 83.7 Å². The molecule has 1 aromatic carbocycles. The van der Waals surface area contributed by atoms with Crippen LogP contribution in [0.1, 0.15) is 18.0 Å². The van der Waals surface area contributed by atoms with Crippen molar-refractivity contribution in [3.05, 3.63) is 29.8 Å². The Balaban J connectivity index is 2.67. The normalized spacial score (nSPS) is 12.8. The van der Waals surface area contributed by atoms with Gasteiger partial charge in [0.15, 0.2) is 0 Å². The molecule has 0 spiro atoms. The summed E-state index contributed by atoms with van der Waals surface area (Å²) in [5, 5.41) is 0. The van der Waals surface area contributed by atoms with Crippen molar-refractivity contribution in [1.29, 1.82) is 0 Å². The van der Waals surface area contributed by atoms with Crippen LogP contribution in [0.25, 0.3) is 0 Å². The van der Waals surface area contributed by atoms with Gasteiger partial charge in [0.05, 0.1) is 0 Å². The van der Waals surface area contributed by atoms with Crippen LogP contribution in [-0.4, -0.2) is 12.8 Å². The van der Waals surface area contributed by atoms with Crippen LogP contribution in [0, 0.1) is 0 Å². The van der Waals surface area contributed by atoms with E-state index < -0.39 is 0 Å². The van der Waals surface area contributed by atoms with Gasteiger partial charge < -0.3 is 11.5 Å². The van der Waals surface area contributed by atoms with E-state index in [0.29, 0.717) is 6.54 Å². The van der Waals surface area contributed by atoms with Gasteiger partial charge in [-0.05, 0) is 36.9 Å². The number of benzene rings is 1. The first-order chi connectivity index (χ1) is 6.27. The van der Waals surface area contributed by atoms with Crippen LogP contribution in [0.3, 0.4) is 0 Å². The minimum atomic E-state index is 0.0842. The molecule has 2 nitrogen and oxygen atoms in total. The van der Waals surface area contributed by atoms with Crippen molar-refractivity contribution in [3.63, 3.8) is 0 Å². The van der Waals surface area contributed by atoms with Crippen molar-refractivity contribution in [3.8, 4) is 0 Å². The molecule has 1 rings (SSSR count). The molecule has 0 fully saturated rings. The van der Waals surface area contributed by atoms with Crippen LogP contribution in [0.15, 0.2) is 29.2 Å². The van der Waals surface area contributed by atoms with Gasteiger partial charge in [-0.3, -0.25) is 0 Å². The molecule has 0 amide bonds. The Morgan fingerprint density at radius 2 is 1.92 bits per heavy atom. The lowest BCUT2D eigenvalue weighted by Gasteiger charge is -2.10. The second kappa shape index (κ2) is 5.27. The minimum Gasteiger partial charge on any atom is -0.330 e. The zero-order valence-electron chi connectivity index (χ0n) is 7.86. The quantitative estimate of drug-likeness (QED) is 0.721. The molecule has 3 heteroatoms. The summed E-state index contributed by atoms with van der Waals surface area (Å²) >= 11 is 1.74. The van der Waals surface area contributed by atoms with Gasteiger partial charge in [0.2, 0.25) is 0 Å². The molecule has 0 aromatic heterocycles. The van der Waals surface area contributed by atoms with E-state index in [1.807, 2.05) is 0 Å². The zero-order valence-corrected chi connectivity index (χ0v) is 8.68. The predicted octanol–water partition coefficient (Wildman–Crippen LogP) is 1.76. The lowest BCUT2D eigenvalue weighted by atomic mass is 10.1. The Morgan fingerprint density at radius 1 is 1.31 bits per heavy atom. The lowest BCUT2D eigenvalue weighted by molar-refractivity contribution is 0.661. The van der Waals surface area contributed by atoms with E-state index >= 15 is 0 Å². The predicted molar refractivity (Wildman–Crippen MR) is 58.8 cm³/mol. The largest absolute Gasteiger partial charge is 0.330 e. The number of thioether (sulfide) groups is 1. The van der Waals surface area contributed by atoms with E-state index in [0.717, 1.165) is 6.42 Å². The fraction of sp³-hybridized carbons (Fsp3) is 0.400. The third-order valence-corrected chi connectivity index (χ3v) is 2.77. The van der Waals surface area contributed by atoms with E-state index in [1.165, 1.54) is 10.5 Å². The molecule has 1 atom stereocenters. The molecule has 0 aliphatic rings. The second-order valence-electron chi connectivity index (χ2n) is 2.96. The molecule has 0 saturated heterocycles. The van der Waals surface area contributed by atoms with Crippen LogP contribution >= 0.6 is 11.8 Å². The fourth-order valence-electron chi connectivity index (χ4n) is 1.20. The summed E-state index contributed by atoms with van der Waals surface area (Å²) in [7, 11) is 0. The highest BCUT2D eigenvalue weighted by atomic mass is 32.2. The summed E-state index contributed by atoms with van der Waals surface area (Å²) in [4.78, 5) is 1.27. The molecular weight excluding hydrogens is 180 g/mol. The smallest absolute Gasteiger partial charge is 0.0306 e. The van der Waals surface area contributed by atoms with Gasteiger partial charge in [-0.15, -0.1) is 11.8 Å². The highest BCUT2D eigenvalue weighted by Gasteiger charge is 2.03. The monoisotopic (exact) mass is 196 g/mol. The second-order valence-corrected chi connectivity index (χ2v) is 3.84. The van der Waals surface area contributed by atoms with Crippen molar-refractivity contribution in [2.75, 3.05) is 12.8 Å². The van der Waals surface area contributed by atoms with Gasteiger partial charge in [0, 0.05) is 10.9 Å². The first-order valence-corrected chi connectivity index (χ1v) is 5.60. The minimum absolute atomic E-state index is 0.0842. The first kappa shape index (κ1) is 10.6. The van der Waals surface area contributed by atoms with E-state index in [9.17, 15) is 0 Å². The highest BCUT2D eigenvalue weighted by molar-refractivity contribution is 7.98. The highest BCUT2D eigenvalue weighted by Crippen LogP contribution is 2.18. The van der Waals surface area contributed by atoms with Crippen molar-refractivity contribution in [1.82, 2.24) is 0 Å². The van der Waals surface area contributed by atoms with Crippen LogP contribution in [0.2, 0.25) is 0 Å². The maximum Gasteiger partial charge on any atom is 0.0306 e. The van der Waals surface area contributed by atoms with E-state index in [4.69, 9.17) is 11.5 Å². The summed E-state index contributed by atoms with van der Waals surface area (Å²) in [6.45, 7) is 0.644. The van der Waals surface area contributed by atoms with Gasteiger partial charge in [-0.25, -0.2) is 0 Å². The summed E-state index contributed by atoms with van der Waals surface area (Å²) in [5.74, 6) is 0. The fourth-order valence-corrected chi connectivity index (χ4v) is 1.61. The maximum absolute atomic E-state index is 5.91. The third-order valence-electron chi connectivity index (χ3n) is 2.02. The van der Waals surface area contributed by atoms with Gasteiger partial charge in [-0.2, -0.15) is 0 Å². The van der Waals surface area contributed by atoms with Crippen LogP contribution in [-0.2, 0) is 0 Å². The van der Waals surface area contributed by atoms with E-state index in [1.54, 1.807) is 11.8 Å². The molecule has 0 aliphatic heterocycles. The molecular formula is C10H16N2S. The van der Waals surface area contributed by atoms with Crippen molar-refractivity contribution in [2.24, 2.45) is 11.5 Å². The van der Waals surface area contributed by atoms with E-state index in [-0.39, 0.29) is 6.04 Å². The molecule has 4 N–H and O–H groups in total. The molecule has 13 heavy (non-hydrogen) atoms. The van der Waals surface area contributed by atoms with Crippen molar-refractivity contribution in [2.45, 2.75) is 17.4 Å².